The summed E-state index contributed by atoms with van der Waals surface area (Å²) in [6.45, 7) is 4.66. The van der Waals surface area contributed by atoms with Gasteiger partial charge in [0, 0.05) is 31.2 Å². The molecule has 3 rings (SSSR count). The van der Waals surface area contributed by atoms with Crippen molar-refractivity contribution in [2.24, 2.45) is 0 Å². The molecule has 2 aromatic rings. The third-order valence-corrected chi connectivity index (χ3v) is 7.67. The van der Waals surface area contributed by atoms with Gasteiger partial charge in [0.2, 0.25) is 15.9 Å². The smallest absolute Gasteiger partial charge is 0.251 e. The standard InChI is InChI=1S/C25H31N3O4S/c1-2-24(29)27-22-15-18-28(19-16-22)33(31,32)23-13-11-21(12-14-23)25(30)26-17-7-6-10-20-8-4-3-5-9-20/h2-5,8-9,11-14,22H,1,6-7,10,15-19H2,(H,26,30)(H,27,29). The van der Waals surface area contributed by atoms with Crippen molar-refractivity contribution >= 4 is 21.8 Å². The zero-order valence-electron chi connectivity index (χ0n) is 18.7. The highest BCUT2D eigenvalue weighted by molar-refractivity contribution is 7.89. The molecule has 1 aliphatic rings. The molecule has 0 aliphatic carbocycles. The summed E-state index contributed by atoms with van der Waals surface area (Å²) in [6.07, 6.45) is 5.13. The topological polar surface area (TPSA) is 95.6 Å². The second-order valence-corrected chi connectivity index (χ2v) is 10.1. The van der Waals surface area contributed by atoms with Crippen molar-refractivity contribution in [3.05, 3.63) is 78.4 Å². The maximum absolute atomic E-state index is 12.9. The molecule has 0 spiro atoms. The van der Waals surface area contributed by atoms with Gasteiger partial charge in [0.25, 0.3) is 5.91 Å². The number of amides is 2. The summed E-state index contributed by atoms with van der Waals surface area (Å²) in [4.78, 5) is 24.0. The molecular weight excluding hydrogens is 438 g/mol. The molecule has 0 saturated carbocycles. The van der Waals surface area contributed by atoms with Crippen molar-refractivity contribution in [2.75, 3.05) is 19.6 Å². The second kappa shape index (κ2) is 11.8. The Morgan fingerprint density at radius 3 is 2.30 bits per heavy atom. The fourth-order valence-corrected chi connectivity index (χ4v) is 5.30. The Morgan fingerprint density at radius 2 is 1.67 bits per heavy atom. The molecule has 0 atom stereocenters. The maximum Gasteiger partial charge on any atom is 0.251 e. The van der Waals surface area contributed by atoms with Crippen LogP contribution in [0.1, 0.15) is 41.6 Å². The van der Waals surface area contributed by atoms with Crippen LogP contribution in [0.15, 0.2) is 72.1 Å². The second-order valence-electron chi connectivity index (χ2n) is 8.11. The Hall–Kier alpha value is -2.97. The van der Waals surface area contributed by atoms with E-state index in [4.69, 9.17) is 0 Å². The van der Waals surface area contributed by atoms with Crippen LogP contribution in [0, 0.1) is 0 Å². The average molecular weight is 470 g/mol. The Balaban J connectivity index is 1.46. The van der Waals surface area contributed by atoms with Crippen LogP contribution in [0.25, 0.3) is 0 Å². The summed E-state index contributed by atoms with van der Waals surface area (Å²) < 4.78 is 27.3. The van der Waals surface area contributed by atoms with Crippen molar-refractivity contribution in [2.45, 2.75) is 43.0 Å². The van der Waals surface area contributed by atoms with Gasteiger partial charge in [-0.25, -0.2) is 8.42 Å². The number of rotatable bonds is 10. The van der Waals surface area contributed by atoms with Crippen LogP contribution in [0.4, 0.5) is 0 Å². The number of nitrogens with one attached hydrogen (secondary N) is 2. The van der Waals surface area contributed by atoms with Crippen molar-refractivity contribution < 1.29 is 18.0 Å². The van der Waals surface area contributed by atoms with Gasteiger partial charge in [-0.2, -0.15) is 4.31 Å². The molecule has 2 N–H and O–H groups in total. The number of aryl methyl sites for hydroxylation is 1. The SMILES string of the molecule is C=CC(=O)NC1CCN(S(=O)(=O)c2ccc(C(=O)NCCCCc3ccccc3)cc2)CC1. The lowest BCUT2D eigenvalue weighted by molar-refractivity contribution is -0.117. The summed E-state index contributed by atoms with van der Waals surface area (Å²) in [6, 6.07) is 16.2. The normalized spacial score (nSPS) is 15.0. The van der Waals surface area contributed by atoms with Crippen molar-refractivity contribution in [3.8, 4) is 0 Å². The Bertz CT molecular complexity index is 1040. The van der Waals surface area contributed by atoms with Gasteiger partial charge in [-0.3, -0.25) is 9.59 Å². The van der Waals surface area contributed by atoms with Crippen molar-refractivity contribution in [1.82, 2.24) is 14.9 Å². The lowest BCUT2D eigenvalue weighted by Crippen LogP contribution is -2.46. The van der Waals surface area contributed by atoms with E-state index >= 15 is 0 Å². The minimum atomic E-state index is -3.64. The summed E-state index contributed by atoms with van der Waals surface area (Å²) in [5.74, 6) is -0.459. The van der Waals surface area contributed by atoms with Crippen LogP contribution in [0.3, 0.4) is 0 Å². The molecule has 2 amide bonds. The zero-order valence-corrected chi connectivity index (χ0v) is 19.5. The van der Waals surface area contributed by atoms with E-state index in [9.17, 15) is 18.0 Å². The number of hydrogen-bond acceptors (Lipinski definition) is 4. The fraction of sp³-hybridized carbons (Fsp3) is 0.360. The first-order chi connectivity index (χ1) is 15.9. The van der Waals surface area contributed by atoms with E-state index < -0.39 is 10.0 Å². The molecule has 0 unspecified atom stereocenters. The molecule has 8 heteroatoms. The van der Waals surface area contributed by atoms with Crippen LogP contribution < -0.4 is 10.6 Å². The van der Waals surface area contributed by atoms with Gasteiger partial charge in [-0.1, -0.05) is 36.9 Å². The van der Waals surface area contributed by atoms with Crippen LogP contribution >= 0.6 is 0 Å². The van der Waals surface area contributed by atoms with Crippen LogP contribution in [0.5, 0.6) is 0 Å². The van der Waals surface area contributed by atoms with Crippen LogP contribution in [-0.2, 0) is 21.2 Å². The first kappa shape index (κ1) is 24.7. The third kappa shape index (κ3) is 7.00. The molecule has 1 heterocycles. The highest BCUT2D eigenvalue weighted by Crippen LogP contribution is 2.21. The molecule has 0 bridgehead atoms. The Labute approximate surface area is 195 Å². The molecule has 1 fully saturated rings. The van der Waals surface area contributed by atoms with Gasteiger partial charge < -0.3 is 10.6 Å². The van der Waals surface area contributed by atoms with E-state index in [1.54, 1.807) is 12.1 Å². The predicted octanol–water partition coefficient (Wildman–Crippen LogP) is 2.89. The predicted molar refractivity (Wildman–Crippen MR) is 128 cm³/mol. The average Bonchev–Trinajstić information content (AvgIpc) is 2.84. The highest BCUT2D eigenvalue weighted by atomic mass is 32.2. The molecule has 1 aliphatic heterocycles. The van der Waals surface area contributed by atoms with Crippen molar-refractivity contribution in [3.63, 3.8) is 0 Å². The molecule has 1 saturated heterocycles. The largest absolute Gasteiger partial charge is 0.352 e. The number of piperidine rings is 1. The Kier molecular flexibility index (Phi) is 8.79. The molecule has 33 heavy (non-hydrogen) atoms. The van der Waals surface area contributed by atoms with E-state index in [-0.39, 0.29) is 22.8 Å². The lowest BCUT2D eigenvalue weighted by atomic mass is 10.1. The van der Waals surface area contributed by atoms with Gasteiger partial charge in [0.05, 0.1) is 4.90 Å². The monoisotopic (exact) mass is 469 g/mol. The number of hydrogen-bond donors (Lipinski definition) is 2. The van der Waals surface area contributed by atoms with Gasteiger partial charge in [-0.15, -0.1) is 0 Å². The number of benzene rings is 2. The van der Waals surface area contributed by atoms with E-state index in [1.807, 2.05) is 18.2 Å². The zero-order chi connectivity index (χ0) is 23.7. The minimum Gasteiger partial charge on any atom is -0.352 e. The van der Waals surface area contributed by atoms with Gasteiger partial charge >= 0.3 is 0 Å². The summed E-state index contributed by atoms with van der Waals surface area (Å²) in [7, 11) is -3.64. The van der Waals surface area contributed by atoms with Gasteiger partial charge in [-0.05, 0) is 68.0 Å². The van der Waals surface area contributed by atoms with Gasteiger partial charge in [0.1, 0.15) is 0 Å². The number of sulfonamides is 1. The molecule has 0 radical (unpaired) electrons. The summed E-state index contributed by atoms with van der Waals surface area (Å²) >= 11 is 0. The highest BCUT2D eigenvalue weighted by Gasteiger charge is 2.29. The van der Waals surface area contributed by atoms with E-state index in [2.05, 4.69) is 29.3 Å². The Morgan fingerprint density at radius 1 is 1.00 bits per heavy atom. The van der Waals surface area contributed by atoms with Crippen LogP contribution in [0.2, 0.25) is 0 Å². The quantitative estimate of drug-likeness (QED) is 0.413. The fourth-order valence-electron chi connectivity index (χ4n) is 3.83. The summed E-state index contributed by atoms with van der Waals surface area (Å²) in [5, 5.41) is 5.70. The van der Waals surface area contributed by atoms with E-state index in [0.29, 0.717) is 38.0 Å². The van der Waals surface area contributed by atoms with Crippen LogP contribution in [-0.4, -0.2) is 50.2 Å². The first-order valence-electron chi connectivity index (χ1n) is 11.3. The molecule has 176 valence electrons. The molecule has 2 aromatic carbocycles. The number of carbonyl (C=O) groups excluding carboxylic acids is 2. The van der Waals surface area contributed by atoms with E-state index in [1.165, 1.54) is 28.1 Å². The molecular formula is C25H31N3O4S. The number of carbonyl (C=O) groups is 2. The van der Waals surface area contributed by atoms with Gasteiger partial charge in [0.15, 0.2) is 0 Å². The summed E-state index contributed by atoms with van der Waals surface area (Å²) in [5.41, 5.74) is 1.72. The first-order valence-corrected chi connectivity index (χ1v) is 12.7. The van der Waals surface area contributed by atoms with E-state index in [0.717, 1.165) is 19.3 Å². The minimum absolute atomic E-state index is 0.0549. The van der Waals surface area contributed by atoms with Crippen molar-refractivity contribution in [1.29, 1.82) is 0 Å². The third-order valence-electron chi connectivity index (χ3n) is 5.76. The lowest BCUT2D eigenvalue weighted by Gasteiger charge is -2.31. The maximum atomic E-state index is 12.9. The molecule has 0 aromatic heterocycles. The number of nitrogens with zero attached hydrogens (tertiary/aromatic N) is 1. The molecule has 7 nitrogen and oxygen atoms in total. The number of unbranched alkanes of at least 4 members (excludes halogenated alkanes) is 1.